The van der Waals surface area contributed by atoms with Gasteiger partial charge in [-0.25, -0.2) is 4.98 Å². The molecule has 2 atom stereocenters. The number of amides is 1. The van der Waals surface area contributed by atoms with Crippen LogP contribution in [0.15, 0.2) is 43.0 Å². The fourth-order valence-electron chi connectivity index (χ4n) is 3.41. The fraction of sp³-hybridized carbons (Fsp3) is 0.412. The number of para-hydroxylation sites is 1. The number of carbonyl (C=O) groups excluding carboxylic acids is 1. The van der Waals surface area contributed by atoms with E-state index in [0.29, 0.717) is 12.5 Å². The Bertz CT molecular complexity index is 643. The van der Waals surface area contributed by atoms with Gasteiger partial charge in [-0.15, -0.1) is 0 Å². The highest BCUT2D eigenvalue weighted by Crippen LogP contribution is 2.30. The molecule has 114 valence electrons. The molecule has 22 heavy (non-hydrogen) atoms. The zero-order valence-corrected chi connectivity index (χ0v) is 12.4. The molecule has 5 nitrogen and oxygen atoms in total. The number of rotatable bonds is 2. The van der Waals surface area contributed by atoms with Crippen LogP contribution in [0.4, 0.5) is 0 Å². The molecule has 1 saturated heterocycles. The predicted molar refractivity (Wildman–Crippen MR) is 81.6 cm³/mol. The minimum atomic E-state index is -0.362. The standard InChI is InChI=1S/C17H19N3O2/c21-17(16-10-13-4-1-2-6-15(13)22-16)19-8-3-5-14(11-19)20-9-7-18-12-20/h1-2,4,6-7,9,12,14,16H,3,5,8,10-11H2/t14-,16-/m0/s1. The summed E-state index contributed by atoms with van der Waals surface area (Å²) in [5.74, 6) is 0.963. The van der Waals surface area contributed by atoms with E-state index in [4.69, 9.17) is 4.74 Å². The van der Waals surface area contributed by atoms with Gasteiger partial charge in [-0.2, -0.15) is 0 Å². The number of benzene rings is 1. The summed E-state index contributed by atoms with van der Waals surface area (Å²) in [5, 5.41) is 0. The Morgan fingerprint density at radius 1 is 1.32 bits per heavy atom. The molecule has 2 aromatic rings. The van der Waals surface area contributed by atoms with Gasteiger partial charge in [-0.05, 0) is 24.5 Å². The first kappa shape index (κ1) is 13.4. The summed E-state index contributed by atoms with van der Waals surface area (Å²) in [6.45, 7) is 1.56. The summed E-state index contributed by atoms with van der Waals surface area (Å²) in [7, 11) is 0. The summed E-state index contributed by atoms with van der Waals surface area (Å²) in [6.07, 6.45) is 8.03. The molecule has 0 aliphatic carbocycles. The molecule has 3 heterocycles. The van der Waals surface area contributed by atoms with Gasteiger partial charge in [0.05, 0.1) is 12.4 Å². The smallest absolute Gasteiger partial charge is 0.264 e. The van der Waals surface area contributed by atoms with E-state index in [9.17, 15) is 4.79 Å². The van der Waals surface area contributed by atoms with E-state index in [-0.39, 0.29) is 12.0 Å². The van der Waals surface area contributed by atoms with E-state index < -0.39 is 0 Å². The lowest BCUT2D eigenvalue weighted by atomic mass is 10.0. The molecule has 2 aliphatic rings. The molecular weight excluding hydrogens is 278 g/mol. The number of carbonyl (C=O) groups is 1. The highest BCUT2D eigenvalue weighted by Gasteiger charge is 2.34. The van der Waals surface area contributed by atoms with Crippen molar-refractivity contribution in [2.45, 2.75) is 31.4 Å². The number of hydrogen-bond donors (Lipinski definition) is 0. The van der Waals surface area contributed by atoms with Crippen molar-refractivity contribution in [2.75, 3.05) is 13.1 Å². The van der Waals surface area contributed by atoms with Crippen molar-refractivity contribution in [1.82, 2.24) is 14.5 Å². The van der Waals surface area contributed by atoms with Crippen LogP contribution in [0.2, 0.25) is 0 Å². The van der Waals surface area contributed by atoms with Gasteiger partial charge < -0.3 is 14.2 Å². The quantitative estimate of drug-likeness (QED) is 0.852. The van der Waals surface area contributed by atoms with Crippen molar-refractivity contribution in [1.29, 1.82) is 0 Å². The van der Waals surface area contributed by atoms with Gasteiger partial charge in [0.15, 0.2) is 6.10 Å². The van der Waals surface area contributed by atoms with Gasteiger partial charge in [0.1, 0.15) is 5.75 Å². The van der Waals surface area contributed by atoms with E-state index in [0.717, 1.165) is 37.2 Å². The first-order chi connectivity index (χ1) is 10.8. The maximum Gasteiger partial charge on any atom is 0.264 e. The van der Waals surface area contributed by atoms with Crippen LogP contribution in [0.5, 0.6) is 5.75 Å². The zero-order chi connectivity index (χ0) is 14.9. The van der Waals surface area contributed by atoms with Gasteiger partial charge in [0.25, 0.3) is 5.91 Å². The zero-order valence-electron chi connectivity index (χ0n) is 12.4. The van der Waals surface area contributed by atoms with Crippen molar-refractivity contribution in [3.8, 4) is 5.75 Å². The Balaban J connectivity index is 1.45. The molecule has 2 aliphatic heterocycles. The molecule has 0 saturated carbocycles. The topological polar surface area (TPSA) is 47.4 Å². The Labute approximate surface area is 129 Å². The van der Waals surface area contributed by atoms with Gasteiger partial charge in [0.2, 0.25) is 0 Å². The lowest BCUT2D eigenvalue weighted by Crippen LogP contribution is -2.46. The Hall–Kier alpha value is -2.30. The maximum atomic E-state index is 12.8. The van der Waals surface area contributed by atoms with Gasteiger partial charge in [0, 0.05) is 31.9 Å². The van der Waals surface area contributed by atoms with Gasteiger partial charge in [-0.3, -0.25) is 4.79 Å². The number of nitrogens with zero attached hydrogens (tertiary/aromatic N) is 3. The Morgan fingerprint density at radius 2 is 2.23 bits per heavy atom. The van der Waals surface area contributed by atoms with E-state index in [1.165, 1.54) is 0 Å². The van der Waals surface area contributed by atoms with Gasteiger partial charge >= 0.3 is 0 Å². The molecular formula is C17H19N3O2. The maximum absolute atomic E-state index is 12.8. The Kier molecular flexibility index (Phi) is 3.33. The summed E-state index contributed by atoms with van der Waals surface area (Å²) >= 11 is 0. The van der Waals surface area contributed by atoms with Gasteiger partial charge in [-0.1, -0.05) is 18.2 Å². The summed E-state index contributed by atoms with van der Waals surface area (Å²) < 4.78 is 7.94. The number of hydrogen-bond acceptors (Lipinski definition) is 3. The SMILES string of the molecule is O=C([C@@H]1Cc2ccccc2O1)N1CCC[C@H](n2ccnc2)C1. The monoisotopic (exact) mass is 297 g/mol. The second-order valence-corrected chi connectivity index (χ2v) is 6.01. The van der Waals surface area contributed by atoms with E-state index in [1.54, 1.807) is 6.20 Å². The minimum absolute atomic E-state index is 0.112. The number of ether oxygens (including phenoxy) is 1. The average molecular weight is 297 g/mol. The number of imidazole rings is 1. The van der Waals surface area contributed by atoms with Crippen molar-refractivity contribution < 1.29 is 9.53 Å². The number of aromatic nitrogens is 2. The molecule has 0 spiro atoms. The third-order valence-electron chi connectivity index (χ3n) is 4.58. The van der Waals surface area contributed by atoms with E-state index >= 15 is 0 Å². The highest BCUT2D eigenvalue weighted by atomic mass is 16.5. The average Bonchev–Trinajstić information content (AvgIpc) is 3.23. The first-order valence-corrected chi connectivity index (χ1v) is 7.82. The second kappa shape index (κ2) is 5.48. The summed E-state index contributed by atoms with van der Waals surface area (Å²) in [6, 6.07) is 8.23. The van der Waals surface area contributed by atoms with Crippen LogP contribution < -0.4 is 4.74 Å². The Morgan fingerprint density at radius 3 is 3.05 bits per heavy atom. The van der Waals surface area contributed by atoms with Crippen molar-refractivity contribution in [3.05, 3.63) is 48.5 Å². The van der Waals surface area contributed by atoms with E-state index in [2.05, 4.69) is 9.55 Å². The van der Waals surface area contributed by atoms with Crippen LogP contribution in [-0.4, -0.2) is 39.6 Å². The van der Waals surface area contributed by atoms with E-state index in [1.807, 2.05) is 41.7 Å². The third-order valence-corrected chi connectivity index (χ3v) is 4.58. The number of piperidine rings is 1. The van der Waals surface area contributed by atoms with Crippen molar-refractivity contribution in [2.24, 2.45) is 0 Å². The second-order valence-electron chi connectivity index (χ2n) is 6.01. The third kappa shape index (κ3) is 2.36. The summed E-state index contributed by atoms with van der Waals surface area (Å²) in [5.41, 5.74) is 1.13. The molecule has 1 aromatic carbocycles. The highest BCUT2D eigenvalue weighted by molar-refractivity contribution is 5.82. The largest absolute Gasteiger partial charge is 0.480 e. The molecule has 4 rings (SSSR count). The van der Waals surface area contributed by atoms with Crippen molar-refractivity contribution in [3.63, 3.8) is 0 Å². The molecule has 0 radical (unpaired) electrons. The fourth-order valence-corrected chi connectivity index (χ4v) is 3.41. The number of likely N-dealkylation sites (tertiary alicyclic amines) is 1. The predicted octanol–water partition coefficient (Wildman–Crippen LogP) is 2.05. The molecule has 0 bridgehead atoms. The molecule has 0 unspecified atom stereocenters. The summed E-state index contributed by atoms with van der Waals surface area (Å²) in [4.78, 5) is 18.8. The van der Waals surface area contributed by atoms with Crippen LogP contribution in [0.25, 0.3) is 0 Å². The first-order valence-electron chi connectivity index (χ1n) is 7.82. The molecule has 5 heteroatoms. The van der Waals surface area contributed by atoms with Crippen LogP contribution in [-0.2, 0) is 11.2 Å². The number of fused-ring (bicyclic) bond motifs is 1. The van der Waals surface area contributed by atoms with Crippen LogP contribution in [0, 0.1) is 0 Å². The van der Waals surface area contributed by atoms with Crippen LogP contribution >= 0.6 is 0 Å². The normalized spacial score (nSPS) is 23.9. The lowest BCUT2D eigenvalue weighted by Gasteiger charge is -2.34. The van der Waals surface area contributed by atoms with Crippen molar-refractivity contribution >= 4 is 5.91 Å². The molecule has 1 fully saturated rings. The molecule has 0 N–H and O–H groups in total. The molecule has 1 aromatic heterocycles. The minimum Gasteiger partial charge on any atom is -0.480 e. The lowest BCUT2D eigenvalue weighted by molar-refractivity contribution is -0.139. The van der Waals surface area contributed by atoms with Crippen LogP contribution in [0.1, 0.15) is 24.4 Å². The molecule has 1 amide bonds. The van der Waals surface area contributed by atoms with Crippen LogP contribution in [0.3, 0.4) is 0 Å².